The number of anilines is 3. The third-order valence-corrected chi connectivity index (χ3v) is 11.8. The molecule has 0 aliphatic heterocycles. The lowest BCUT2D eigenvalue weighted by atomic mass is 9.81. The third kappa shape index (κ3) is 6.04. The van der Waals surface area contributed by atoms with Crippen molar-refractivity contribution in [1.29, 1.82) is 0 Å². The molecule has 1 nitrogen and oxygen atoms in total. The zero-order chi connectivity index (χ0) is 39.1. The molecule has 0 saturated carbocycles. The van der Waals surface area contributed by atoms with Crippen molar-refractivity contribution in [1.82, 2.24) is 0 Å². The smallest absolute Gasteiger partial charge is 0.0540 e. The van der Waals surface area contributed by atoms with E-state index in [1.807, 2.05) is 0 Å². The predicted octanol–water partition coefficient (Wildman–Crippen LogP) is 16.4. The van der Waals surface area contributed by atoms with Gasteiger partial charge in [-0.2, -0.15) is 0 Å². The van der Waals surface area contributed by atoms with E-state index < -0.39 is 0 Å². The maximum absolute atomic E-state index is 2.43. The van der Waals surface area contributed by atoms with E-state index in [-0.39, 0.29) is 0 Å². The van der Waals surface area contributed by atoms with Gasteiger partial charge in [-0.25, -0.2) is 0 Å². The molecule has 11 rings (SSSR count). The Balaban J connectivity index is 1.25. The molecule has 0 aliphatic rings. The van der Waals surface area contributed by atoms with Crippen molar-refractivity contribution in [2.75, 3.05) is 4.90 Å². The quantitative estimate of drug-likeness (QED) is 0.147. The second-order valence-corrected chi connectivity index (χ2v) is 15.2. The first-order chi connectivity index (χ1) is 29.3. The number of nitrogens with zero attached hydrogens (tertiary/aromatic N) is 1. The summed E-state index contributed by atoms with van der Waals surface area (Å²) in [4.78, 5) is 2.43. The Morgan fingerprint density at radius 1 is 0.254 bits per heavy atom. The van der Waals surface area contributed by atoms with Crippen molar-refractivity contribution in [3.63, 3.8) is 0 Å². The van der Waals surface area contributed by atoms with Crippen LogP contribution < -0.4 is 4.90 Å². The minimum absolute atomic E-state index is 1.10. The maximum atomic E-state index is 2.43. The molecule has 0 saturated heterocycles. The summed E-state index contributed by atoms with van der Waals surface area (Å²) < 4.78 is 0. The normalized spacial score (nSPS) is 11.4. The van der Waals surface area contributed by atoms with Gasteiger partial charge >= 0.3 is 0 Å². The number of rotatable bonds is 7. The van der Waals surface area contributed by atoms with E-state index in [1.54, 1.807) is 0 Å². The van der Waals surface area contributed by atoms with Crippen LogP contribution in [-0.2, 0) is 0 Å². The summed E-state index contributed by atoms with van der Waals surface area (Å²) in [5.41, 5.74) is 13.1. The molecule has 0 atom stereocenters. The van der Waals surface area contributed by atoms with Crippen LogP contribution in [0.5, 0.6) is 0 Å². The molecule has 276 valence electrons. The fourth-order valence-electron chi connectivity index (χ4n) is 9.14. The second-order valence-electron chi connectivity index (χ2n) is 15.2. The summed E-state index contributed by atoms with van der Waals surface area (Å²) in [6.07, 6.45) is 0. The third-order valence-electron chi connectivity index (χ3n) is 11.8. The van der Waals surface area contributed by atoms with Crippen molar-refractivity contribution in [2.45, 2.75) is 0 Å². The molecular weight excluding hydrogens is 711 g/mol. The second kappa shape index (κ2) is 14.6. The minimum Gasteiger partial charge on any atom is -0.310 e. The van der Waals surface area contributed by atoms with Crippen LogP contribution in [0.1, 0.15) is 0 Å². The molecule has 0 radical (unpaired) electrons. The average molecular weight is 750 g/mol. The Bertz CT molecular complexity index is 3280. The molecule has 0 aromatic heterocycles. The topological polar surface area (TPSA) is 3.24 Å². The Kier molecular flexibility index (Phi) is 8.56. The van der Waals surface area contributed by atoms with E-state index in [0.29, 0.717) is 0 Å². The van der Waals surface area contributed by atoms with E-state index in [2.05, 4.69) is 241 Å². The van der Waals surface area contributed by atoms with E-state index >= 15 is 0 Å². The highest BCUT2D eigenvalue weighted by atomic mass is 15.1. The molecule has 0 fully saturated rings. The molecule has 0 unspecified atom stereocenters. The fraction of sp³-hybridized carbons (Fsp3) is 0. The van der Waals surface area contributed by atoms with Gasteiger partial charge in [-0.3, -0.25) is 0 Å². The van der Waals surface area contributed by atoms with Crippen LogP contribution in [0.15, 0.2) is 237 Å². The predicted molar refractivity (Wildman–Crippen MR) is 253 cm³/mol. The van der Waals surface area contributed by atoms with Crippen molar-refractivity contribution >= 4 is 60.2 Å². The van der Waals surface area contributed by atoms with Gasteiger partial charge in [0, 0.05) is 16.8 Å². The summed E-state index contributed by atoms with van der Waals surface area (Å²) in [5.74, 6) is 0. The standard InChI is InChI=1S/C58H39N/c1-5-18-40(19-6-1)41-32-34-46(35-33-41)59(55-31-17-27-42-24-13-14-28-48(42)55)47-36-37-51-54(38-47)49-29-15-16-30-50(49)57-53(44-22-9-3-10-23-44)39-52(43-20-7-2-8-21-43)56(58(51)57)45-25-11-4-12-26-45/h1-39H. The number of fused-ring (bicyclic) bond motifs is 7. The Morgan fingerprint density at radius 2 is 0.746 bits per heavy atom. The maximum Gasteiger partial charge on any atom is 0.0540 e. The Labute approximate surface area is 344 Å². The van der Waals surface area contributed by atoms with E-state index in [4.69, 9.17) is 0 Å². The molecule has 1 heteroatoms. The number of hydrogen-bond acceptors (Lipinski definition) is 1. The van der Waals surface area contributed by atoms with Crippen molar-refractivity contribution in [3.05, 3.63) is 237 Å². The van der Waals surface area contributed by atoms with Gasteiger partial charge in [-0.05, 0) is 119 Å². The molecule has 59 heavy (non-hydrogen) atoms. The highest BCUT2D eigenvalue weighted by molar-refractivity contribution is 6.33. The highest BCUT2D eigenvalue weighted by Gasteiger charge is 2.23. The summed E-state index contributed by atoms with van der Waals surface area (Å²) >= 11 is 0. The summed E-state index contributed by atoms with van der Waals surface area (Å²) in [7, 11) is 0. The summed E-state index contributed by atoms with van der Waals surface area (Å²) in [5, 5.41) is 9.88. The van der Waals surface area contributed by atoms with Gasteiger partial charge in [-0.1, -0.05) is 200 Å². The summed E-state index contributed by atoms with van der Waals surface area (Å²) in [6.45, 7) is 0. The lowest BCUT2D eigenvalue weighted by molar-refractivity contribution is 1.30. The minimum atomic E-state index is 1.10. The highest BCUT2D eigenvalue weighted by Crippen LogP contribution is 2.50. The van der Waals surface area contributed by atoms with Gasteiger partial charge in [0.15, 0.2) is 0 Å². The lowest BCUT2D eigenvalue weighted by Gasteiger charge is -2.28. The van der Waals surface area contributed by atoms with Gasteiger partial charge in [0.25, 0.3) is 0 Å². The molecule has 0 N–H and O–H groups in total. The van der Waals surface area contributed by atoms with E-state index in [9.17, 15) is 0 Å². The average Bonchev–Trinajstić information content (AvgIpc) is 3.32. The largest absolute Gasteiger partial charge is 0.310 e. The SMILES string of the molecule is c1ccc(-c2ccc(N(c3ccc4c(c3)c3ccccc3c3c(-c5ccccc5)cc(-c5ccccc5)c(-c5ccccc5)c43)c3cccc4ccccc34)cc2)cc1. The molecule has 0 spiro atoms. The van der Waals surface area contributed by atoms with Gasteiger partial charge < -0.3 is 4.90 Å². The molecule has 11 aromatic rings. The van der Waals surface area contributed by atoms with Crippen LogP contribution in [0, 0.1) is 0 Å². The number of benzene rings is 11. The van der Waals surface area contributed by atoms with E-state index in [1.165, 1.54) is 87.6 Å². The van der Waals surface area contributed by atoms with Crippen LogP contribution in [0.2, 0.25) is 0 Å². The van der Waals surface area contributed by atoms with Crippen LogP contribution in [0.25, 0.3) is 87.6 Å². The van der Waals surface area contributed by atoms with Crippen LogP contribution in [-0.4, -0.2) is 0 Å². The van der Waals surface area contributed by atoms with Crippen molar-refractivity contribution < 1.29 is 0 Å². The zero-order valence-electron chi connectivity index (χ0n) is 32.5. The Hall–Kier alpha value is -7.74. The molecule has 0 amide bonds. The molecule has 0 heterocycles. The van der Waals surface area contributed by atoms with E-state index in [0.717, 1.165) is 17.1 Å². The molecular formula is C58H39N. The number of hydrogen-bond donors (Lipinski definition) is 0. The van der Waals surface area contributed by atoms with Gasteiger partial charge in [-0.15, -0.1) is 0 Å². The van der Waals surface area contributed by atoms with Crippen LogP contribution in [0.4, 0.5) is 17.1 Å². The zero-order valence-corrected chi connectivity index (χ0v) is 32.5. The summed E-state index contributed by atoms with van der Waals surface area (Å²) in [6, 6.07) is 86.3. The Morgan fingerprint density at radius 3 is 1.42 bits per heavy atom. The molecule has 11 aromatic carbocycles. The molecule has 0 aliphatic carbocycles. The van der Waals surface area contributed by atoms with Crippen LogP contribution in [0.3, 0.4) is 0 Å². The van der Waals surface area contributed by atoms with Crippen molar-refractivity contribution in [2.24, 2.45) is 0 Å². The van der Waals surface area contributed by atoms with Gasteiger partial charge in [0.2, 0.25) is 0 Å². The van der Waals surface area contributed by atoms with Crippen LogP contribution >= 0.6 is 0 Å². The fourth-order valence-corrected chi connectivity index (χ4v) is 9.14. The lowest BCUT2D eigenvalue weighted by Crippen LogP contribution is -2.10. The first-order valence-corrected chi connectivity index (χ1v) is 20.3. The molecule has 0 bridgehead atoms. The van der Waals surface area contributed by atoms with Gasteiger partial charge in [0.1, 0.15) is 0 Å². The first-order valence-electron chi connectivity index (χ1n) is 20.3. The van der Waals surface area contributed by atoms with Crippen molar-refractivity contribution in [3.8, 4) is 44.5 Å². The first kappa shape index (κ1) is 34.5. The monoisotopic (exact) mass is 749 g/mol. The van der Waals surface area contributed by atoms with Gasteiger partial charge in [0.05, 0.1) is 5.69 Å².